The van der Waals surface area contributed by atoms with E-state index in [2.05, 4.69) is 76.8 Å². The van der Waals surface area contributed by atoms with E-state index in [1.807, 2.05) is 0 Å². The summed E-state index contributed by atoms with van der Waals surface area (Å²) in [5.41, 5.74) is 1.85. The highest BCUT2D eigenvalue weighted by Gasteiger charge is 2.01. The fraction of sp³-hybridized carbons (Fsp3) is 0.647. The van der Waals surface area contributed by atoms with Crippen molar-refractivity contribution in [3.8, 4) is 0 Å². The van der Waals surface area contributed by atoms with Gasteiger partial charge in [0.2, 0.25) is 0 Å². The van der Waals surface area contributed by atoms with Gasteiger partial charge in [-0.15, -0.1) is 0 Å². The van der Waals surface area contributed by atoms with Crippen molar-refractivity contribution < 1.29 is 0 Å². The van der Waals surface area contributed by atoms with Gasteiger partial charge in [-0.25, -0.2) is 0 Å². The van der Waals surface area contributed by atoms with Crippen LogP contribution in [-0.2, 0) is 0 Å². The highest BCUT2D eigenvalue weighted by molar-refractivity contribution is 5.45. The zero-order chi connectivity index (χ0) is 14.0. The molecule has 0 aliphatic rings. The lowest BCUT2D eigenvalue weighted by molar-refractivity contribution is 0.469. The molecule has 0 aliphatic heterocycles. The number of anilines is 1. The molecule has 0 spiro atoms. The Hall–Kier alpha value is -0.980. The molecule has 0 fully saturated rings. The van der Waals surface area contributed by atoms with Crippen LogP contribution in [0.2, 0.25) is 0 Å². The second-order valence-electron chi connectivity index (χ2n) is 6.32. The third-order valence-electron chi connectivity index (χ3n) is 2.11. The third-order valence-corrected chi connectivity index (χ3v) is 2.11. The van der Waals surface area contributed by atoms with Gasteiger partial charge in [0.1, 0.15) is 0 Å². The molecule has 0 unspecified atom stereocenters. The number of benzene rings is 1. The summed E-state index contributed by atoms with van der Waals surface area (Å²) in [4.78, 5) is 2.44. The summed E-state index contributed by atoms with van der Waals surface area (Å²) in [5.74, 6) is 0. The van der Waals surface area contributed by atoms with Crippen molar-refractivity contribution in [2.75, 3.05) is 18.0 Å². The number of hydrogen-bond donors (Lipinski definition) is 0. The summed E-state index contributed by atoms with van der Waals surface area (Å²) in [6.07, 6.45) is 2.43. The van der Waals surface area contributed by atoms with Gasteiger partial charge in [-0.2, -0.15) is 0 Å². The zero-order valence-electron chi connectivity index (χ0n) is 13.2. The van der Waals surface area contributed by atoms with Gasteiger partial charge in [-0.05, 0) is 30.4 Å². The zero-order valence-corrected chi connectivity index (χ0v) is 13.2. The van der Waals surface area contributed by atoms with E-state index in [0.717, 1.165) is 13.1 Å². The van der Waals surface area contributed by atoms with E-state index in [4.69, 9.17) is 0 Å². The molecule has 0 N–H and O–H groups in total. The first-order valence-corrected chi connectivity index (χ1v) is 7.18. The van der Waals surface area contributed by atoms with Gasteiger partial charge in [-0.3, -0.25) is 0 Å². The summed E-state index contributed by atoms with van der Waals surface area (Å²) in [5, 5.41) is 0. The van der Waals surface area contributed by atoms with Gasteiger partial charge in [0.05, 0.1) is 0 Å². The Labute approximate surface area is 114 Å². The Morgan fingerprint density at radius 2 is 1.22 bits per heavy atom. The second kappa shape index (κ2) is 9.02. The van der Waals surface area contributed by atoms with Crippen molar-refractivity contribution in [2.45, 2.75) is 54.4 Å². The molecular formula is C17H31N. The average Bonchev–Trinajstić information content (AvgIpc) is 2.28. The first kappa shape index (κ1) is 17.0. The molecular weight excluding hydrogens is 218 g/mol. The number of hydrogen-bond acceptors (Lipinski definition) is 1. The molecule has 0 atom stereocenters. The molecule has 0 aromatic heterocycles. The van der Waals surface area contributed by atoms with Gasteiger partial charge in [0.25, 0.3) is 0 Å². The SMILES string of the molecule is CC(C)(C)C.CCCN(CCC)c1ccccc1. The molecule has 0 saturated carbocycles. The van der Waals surface area contributed by atoms with E-state index in [0.29, 0.717) is 5.41 Å². The summed E-state index contributed by atoms with van der Waals surface area (Å²) < 4.78 is 0. The number of para-hydroxylation sites is 1. The van der Waals surface area contributed by atoms with E-state index in [1.54, 1.807) is 0 Å². The van der Waals surface area contributed by atoms with Crippen LogP contribution >= 0.6 is 0 Å². The molecule has 1 aromatic carbocycles. The molecule has 1 rings (SSSR count). The van der Waals surface area contributed by atoms with E-state index < -0.39 is 0 Å². The normalized spacial score (nSPS) is 10.6. The van der Waals surface area contributed by atoms with Gasteiger partial charge in [0.15, 0.2) is 0 Å². The van der Waals surface area contributed by atoms with Crippen molar-refractivity contribution in [2.24, 2.45) is 5.41 Å². The Kier molecular flexibility index (Phi) is 8.53. The van der Waals surface area contributed by atoms with E-state index >= 15 is 0 Å². The molecule has 1 aromatic rings. The molecule has 0 heterocycles. The topological polar surface area (TPSA) is 3.24 Å². The van der Waals surface area contributed by atoms with Crippen LogP contribution in [0.1, 0.15) is 54.4 Å². The van der Waals surface area contributed by atoms with Crippen molar-refractivity contribution in [3.63, 3.8) is 0 Å². The van der Waals surface area contributed by atoms with Crippen LogP contribution in [-0.4, -0.2) is 13.1 Å². The largest absolute Gasteiger partial charge is 0.372 e. The fourth-order valence-electron chi connectivity index (χ4n) is 1.55. The van der Waals surface area contributed by atoms with Crippen molar-refractivity contribution >= 4 is 5.69 Å². The summed E-state index contributed by atoms with van der Waals surface area (Å²) >= 11 is 0. The lowest BCUT2D eigenvalue weighted by Gasteiger charge is -2.23. The Morgan fingerprint density at radius 3 is 1.56 bits per heavy atom. The minimum absolute atomic E-state index is 0.500. The molecule has 0 amide bonds. The Bertz CT molecular complexity index is 272. The molecule has 0 bridgehead atoms. The molecule has 0 saturated heterocycles. The molecule has 104 valence electrons. The highest BCUT2D eigenvalue weighted by Crippen LogP contribution is 2.13. The predicted molar refractivity (Wildman–Crippen MR) is 84.4 cm³/mol. The standard InChI is InChI=1S/C12H19N.C5H12/c1-3-10-13(11-4-2)12-8-6-5-7-9-12;1-5(2,3)4/h5-9H,3-4,10-11H2,1-2H3;1-4H3. The van der Waals surface area contributed by atoms with Crippen molar-refractivity contribution in [3.05, 3.63) is 30.3 Å². The lowest BCUT2D eigenvalue weighted by atomic mass is 10.0. The molecule has 18 heavy (non-hydrogen) atoms. The average molecular weight is 249 g/mol. The van der Waals surface area contributed by atoms with E-state index in [1.165, 1.54) is 18.5 Å². The predicted octanol–water partition coefficient (Wildman–Crippen LogP) is 5.37. The maximum Gasteiger partial charge on any atom is 0.0366 e. The van der Waals surface area contributed by atoms with E-state index in [9.17, 15) is 0 Å². The fourth-order valence-corrected chi connectivity index (χ4v) is 1.55. The van der Waals surface area contributed by atoms with Crippen LogP contribution in [0.25, 0.3) is 0 Å². The van der Waals surface area contributed by atoms with Crippen LogP contribution in [0, 0.1) is 5.41 Å². The minimum Gasteiger partial charge on any atom is -0.372 e. The second-order valence-corrected chi connectivity index (χ2v) is 6.32. The smallest absolute Gasteiger partial charge is 0.0366 e. The Morgan fingerprint density at radius 1 is 0.833 bits per heavy atom. The number of rotatable bonds is 5. The Balaban J connectivity index is 0.000000494. The van der Waals surface area contributed by atoms with Gasteiger partial charge >= 0.3 is 0 Å². The monoisotopic (exact) mass is 249 g/mol. The summed E-state index contributed by atoms with van der Waals surface area (Å²) in [6.45, 7) is 15.5. The maximum absolute atomic E-state index is 2.44. The quantitative estimate of drug-likeness (QED) is 0.678. The van der Waals surface area contributed by atoms with Crippen LogP contribution in [0.5, 0.6) is 0 Å². The lowest BCUT2D eigenvalue weighted by Crippen LogP contribution is -2.24. The van der Waals surface area contributed by atoms with Gasteiger partial charge < -0.3 is 4.90 Å². The van der Waals surface area contributed by atoms with E-state index in [-0.39, 0.29) is 0 Å². The number of nitrogens with zero attached hydrogens (tertiary/aromatic N) is 1. The third kappa shape index (κ3) is 10.2. The van der Waals surface area contributed by atoms with Crippen LogP contribution in [0.3, 0.4) is 0 Å². The summed E-state index contributed by atoms with van der Waals surface area (Å²) in [7, 11) is 0. The molecule has 1 heteroatoms. The summed E-state index contributed by atoms with van der Waals surface area (Å²) in [6, 6.07) is 10.7. The van der Waals surface area contributed by atoms with Crippen molar-refractivity contribution in [1.29, 1.82) is 0 Å². The molecule has 0 radical (unpaired) electrons. The van der Waals surface area contributed by atoms with Crippen LogP contribution < -0.4 is 4.90 Å². The van der Waals surface area contributed by atoms with Gasteiger partial charge in [-0.1, -0.05) is 59.7 Å². The maximum atomic E-state index is 2.44. The first-order valence-electron chi connectivity index (χ1n) is 7.18. The van der Waals surface area contributed by atoms with Crippen LogP contribution in [0.4, 0.5) is 5.69 Å². The highest BCUT2D eigenvalue weighted by atomic mass is 15.1. The first-order chi connectivity index (χ1) is 8.38. The van der Waals surface area contributed by atoms with Gasteiger partial charge in [0, 0.05) is 18.8 Å². The molecule has 1 nitrogen and oxygen atoms in total. The molecule has 0 aliphatic carbocycles. The minimum atomic E-state index is 0.500. The van der Waals surface area contributed by atoms with Crippen molar-refractivity contribution in [1.82, 2.24) is 0 Å². The van der Waals surface area contributed by atoms with Crippen LogP contribution in [0.15, 0.2) is 30.3 Å².